The number of halogens is 2. The number of hydrogen-bond donors (Lipinski definition) is 1. The molecule has 1 heterocycles. The Labute approximate surface area is 256 Å². The third-order valence-electron chi connectivity index (χ3n) is 6.63. The van der Waals surface area contributed by atoms with Gasteiger partial charge in [-0.1, -0.05) is 61.3 Å². The van der Waals surface area contributed by atoms with Crippen LogP contribution in [0.4, 0.5) is 5.69 Å². The number of hydrogen-bond acceptors (Lipinski definition) is 6. The quantitative estimate of drug-likeness (QED) is 0.313. The van der Waals surface area contributed by atoms with E-state index >= 15 is 0 Å². The van der Waals surface area contributed by atoms with Gasteiger partial charge in [-0.05, 0) is 54.8 Å². The first kappa shape index (κ1) is 31.5. The summed E-state index contributed by atoms with van der Waals surface area (Å²) < 4.78 is 40.2. The SMILES string of the molecule is CC(C)CNC(=O)[C@H](C)N(Cc1ccc(Cl)cc1Cl)C(=O)CN(c1ccc2c(c1)OCCO2)S(=O)(=O)c1ccccc1. The normalized spacial score (nSPS) is 13.4. The van der Waals surface area contributed by atoms with Crippen molar-refractivity contribution in [3.05, 3.63) is 82.3 Å². The molecule has 3 aromatic rings. The van der Waals surface area contributed by atoms with Gasteiger partial charge < -0.3 is 19.7 Å². The van der Waals surface area contributed by atoms with Gasteiger partial charge in [0.15, 0.2) is 11.5 Å². The molecule has 42 heavy (non-hydrogen) atoms. The van der Waals surface area contributed by atoms with Crippen LogP contribution in [-0.4, -0.2) is 57.5 Å². The van der Waals surface area contributed by atoms with Crippen LogP contribution in [0.3, 0.4) is 0 Å². The lowest BCUT2D eigenvalue weighted by Crippen LogP contribution is -2.51. The van der Waals surface area contributed by atoms with Crippen molar-refractivity contribution in [1.29, 1.82) is 0 Å². The molecule has 0 bridgehead atoms. The van der Waals surface area contributed by atoms with Gasteiger partial charge in [0.25, 0.3) is 10.0 Å². The highest BCUT2D eigenvalue weighted by Gasteiger charge is 2.33. The second-order valence-corrected chi connectivity index (χ2v) is 12.9. The highest BCUT2D eigenvalue weighted by Crippen LogP contribution is 2.36. The van der Waals surface area contributed by atoms with Gasteiger partial charge in [0.05, 0.1) is 10.6 Å². The molecule has 0 saturated carbocycles. The van der Waals surface area contributed by atoms with Gasteiger partial charge in [0.2, 0.25) is 11.8 Å². The highest BCUT2D eigenvalue weighted by atomic mass is 35.5. The highest BCUT2D eigenvalue weighted by molar-refractivity contribution is 7.92. The molecule has 1 N–H and O–H groups in total. The predicted molar refractivity (Wildman–Crippen MR) is 163 cm³/mol. The van der Waals surface area contributed by atoms with Crippen LogP contribution in [0.15, 0.2) is 71.6 Å². The molecule has 1 aliphatic rings. The fourth-order valence-corrected chi connectivity index (χ4v) is 6.20. The minimum Gasteiger partial charge on any atom is -0.486 e. The van der Waals surface area contributed by atoms with E-state index in [-0.39, 0.29) is 29.0 Å². The fourth-order valence-electron chi connectivity index (χ4n) is 4.30. The maximum atomic E-state index is 14.1. The molecule has 12 heteroatoms. The Kier molecular flexibility index (Phi) is 10.2. The van der Waals surface area contributed by atoms with E-state index in [1.165, 1.54) is 23.1 Å². The Morgan fingerprint density at radius 2 is 1.62 bits per heavy atom. The number of nitrogens with zero attached hydrogens (tertiary/aromatic N) is 2. The Morgan fingerprint density at radius 3 is 2.29 bits per heavy atom. The van der Waals surface area contributed by atoms with Gasteiger partial charge in [0, 0.05) is 29.2 Å². The van der Waals surface area contributed by atoms with Crippen molar-refractivity contribution in [3.63, 3.8) is 0 Å². The van der Waals surface area contributed by atoms with Crippen LogP contribution in [0.1, 0.15) is 26.3 Å². The molecule has 1 atom stereocenters. The van der Waals surface area contributed by atoms with Crippen LogP contribution in [0.5, 0.6) is 11.5 Å². The molecule has 0 spiro atoms. The molecule has 0 aliphatic carbocycles. The van der Waals surface area contributed by atoms with Crippen LogP contribution in [0.25, 0.3) is 0 Å². The lowest BCUT2D eigenvalue weighted by atomic mass is 10.1. The van der Waals surface area contributed by atoms with Crippen molar-refractivity contribution in [3.8, 4) is 11.5 Å². The molecule has 0 saturated heterocycles. The van der Waals surface area contributed by atoms with E-state index < -0.39 is 28.5 Å². The van der Waals surface area contributed by atoms with Gasteiger partial charge in [-0.25, -0.2) is 8.42 Å². The van der Waals surface area contributed by atoms with Gasteiger partial charge in [-0.3, -0.25) is 13.9 Å². The lowest BCUT2D eigenvalue weighted by molar-refractivity contribution is -0.139. The molecule has 9 nitrogen and oxygen atoms in total. The van der Waals surface area contributed by atoms with E-state index in [9.17, 15) is 18.0 Å². The zero-order valence-corrected chi connectivity index (χ0v) is 25.9. The van der Waals surface area contributed by atoms with Crippen LogP contribution in [0, 0.1) is 5.92 Å². The summed E-state index contributed by atoms with van der Waals surface area (Å²) in [5.74, 6) is 0.0489. The van der Waals surface area contributed by atoms with Crippen molar-refractivity contribution < 1.29 is 27.5 Å². The average Bonchev–Trinajstić information content (AvgIpc) is 2.98. The van der Waals surface area contributed by atoms with Gasteiger partial charge in [0.1, 0.15) is 25.8 Å². The monoisotopic (exact) mass is 633 g/mol. The van der Waals surface area contributed by atoms with Crippen LogP contribution >= 0.6 is 23.2 Å². The summed E-state index contributed by atoms with van der Waals surface area (Å²) in [7, 11) is -4.22. The maximum absolute atomic E-state index is 14.1. The fraction of sp³-hybridized carbons (Fsp3) is 0.333. The van der Waals surface area contributed by atoms with E-state index in [0.717, 1.165) is 4.31 Å². The van der Waals surface area contributed by atoms with Crippen LogP contribution in [-0.2, 0) is 26.2 Å². The minimum absolute atomic E-state index is 0.00251. The number of carbonyl (C=O) groups is 2. The summed E-state index contributed by atoms with van der Waals surface area (Å²) in [5.41, 5.74) is 0.757. The molecule has 0 unspecified atom stereocenters. The Balaban J connectivity index is 1.73. The Bertz CT molecular complexity index is 1540. The third kappa shape index (κ3) is 7.48. The van der Waals surface area contributed by atoms with E-state index in [0.29, 0.717) is 46.9 Å². The molecule has 0 radical (unpaired) electrons. The van der Waals surface area contributed by atoms with E-state index in [1.54, 1.807) is 55.5 Å². The van der Waals surface area contributed by atoms with E-state index in [1.807, 2.05) is 13.8 Å². The average molecular weight is 635 g/mol. The number of benzene rings is 3. The molecule has 0 aromatic heterocycles. The first-order chi connectivity index (χ1) is 20.0. The summed E-state index contributed by atoms with van der Waals surface area (Å²) in [6.07, 6.45) is 0. The number of rotatable bonds is 11. The van der Waals surface area contributed by atoms with Crippen LogP contribution in [0.2, 0.25) is 10.0 Å². The Hall–Kier alpha value is -3.47. The number of anilines is 1. The van der Waals surface area contributed by atoms with Gasteiger partial charge >= 0.3 is 0 Å². The maximum Gasteiger partial charge on any atom is 0.264 e. The molecule has 3 aromatic carbocycles. The second-order valence-electron chi connectivity index (χ2n) is 10.2. The first-order valence-corrected chi connectivity index (χ1v) is 15.7. The van der Waals surface area contributed by atoms with Crippen molar-refractivity contribution >= 4 is 50.7 Å². The van der Waals surface area contributed by atoms with E-state index in [2.05, 4.69) is 5.32 Å². The van der Waals surface area contributed by atoms with E-state index in [4.69, 9.17) is 32.7 Å². The summed E-state index contributed by atoms with van der Waals surface area (Å²) in [6, 6.07) is 16.4. The van der Waals surface area contributed by atoms with Crippen molar-refractivity contribution in [2.45, 2.75) is 38.3 Å². The summed E-state index contributed by atoms with van der Waals surface area (Å²) in [5, 5.41) is 3.59. The summed E-state index contributed by atoms with van der Waals surface area (Å²) >= 11 is 12.5. The van der Waals surface area contributed by atoms with Crippen LogP contribution < -0.4 is 19.1 Å². The smallest absolute Gasteiger partial charge is 0.264 e. The van der Waals surface area contributed by atoms with Crippen molar-refractivity contribution in [1.82, 2.24) is 10.2 Å². The Morgan fingerprint density at radius 1 is 0.929 bits per heavy atom. The number of sulfonamides is 1. The summed E-state index contributed by atoms with van der Waals surface area (Å²) in [4.78, 5) is 28.5. The molecular weight excluding hydrogens is 601 g/mol. The van der Waals surface area contributed by atoms with Gasteiger partial charge in [-0.2, -0.15) is 0 Å². The zero-order valence-electron chi connectivity index (χ0n) is 23.5. The molecule has 1 aliphatic heterocycles. The lowest BCUT2D eigenvalue weighted by Gasteiger charge is -2.32. The number of amides is 2. The summed E-state index contributed by atoms with van der Waals surface area (Å²) in [6.45, 7) is 5.96. The number of fused-ring (bicyclic) bond motifs is 1. The molecular formula is C30H33Cl2N3O6S. The molecule has 224 valence electrons. The molecule has 2 amide bonds. The molecule has 4 rings (SSSR count). The topological polar surface area (TPSA) is 105 Å². The largest absolute Gasteiger partial charge is 0.486 e. The van der Waals surface area contributed by atoms with Crippen molar-refractivity contribution in [2.24, 2.45) is 5.92 Å². The zero-order chi connectivity index (χ0) is 30.4. The van der Waals surface area contributed by atoms with Gasteiger partial charge in [-0.15, -0.1) is 0 Å². The standard InChI is InChI=1S/C30H33Cl2N3O6S/c1-20(2)17-33-30(37)21(3)34(18-22-9-10-23(31)15-26(22)32)29(36)19-35(42(38,39)25-7-5-4-6-8-25)24-11-12-27-28(16-24)41-14-13-40-27/h4-12,15-16,20-21H,13-14,17-19H2,1-3H3,(H,33,37)/t21-/m0/s1. The first-order valence-electron chi connectivity index (χ1n) is 13.5. The van der Waals surface area contributed by atoms with Crippen molar-refractivity contribution in [2.75, 3.05) is 30.6 Å². The number of ether oxygens (including phenoxy) is 2. The second kappa shape index (κ2) is 13.7. The number of nitrogens with one attached hydrogen (secondary N) is 1. The third-order valence-corrected chi connectivity index (χ3v) is 9.01. The molecule has 0 fully saturated rings. The minimum atomic E-state index is -4.22. The number of carbonyl (C=O) groups excluding carboxylic acids is 2. The predicted octanol–water partition coefficient (Wildman–Crippen LogP) is 5.15.